The Morgan fingerprint density at radius 2 is 1.88 bits per heavy atom. The third-order valence-corrected chi connectivity index (χ3v) is 5.38. The van der Waals surface area contributed by atoms with E-state index in [9.17, 15) is 14.4 Å². The Bertz CT molecular complexity index is 1510. The van der Waals surface area contributed by atoms with Crippen LogP contribution in [0, 0.1) is 20.8 Å². The largest absolute Gasteiger partial charge is 0.462 e. The van der Waals surface area contributed by atoms with Gasteiger partial charge in [-0.3, -0.25) is 13.9 Å². The van der Waals surface area contributed by atoms with Gasteiger partial charge < -0.3 is 9.15 Å². The number of oxazole rings is 1. The first-order valence-corrected chi connectivity index (χ1v) is 10.5. The highest BCUT2D eigenvalue weighted by Crippen LogP contribution is 2.23. The maximum absolute atomic E-state index is 13.4. The molecule has 9 nitrogen and oxygen atoms in total. The number of benzene rings is 1. The number of pyridine rings is 1. The van der Waals surface area contributed by atoms with Crippen molar-refractivity contribution < 1.29 is 13.9 Å². The Morgan fingerprint density at radius 3 is 2.58 bits per heavy atom. The summed E-state index contributed by atoms with van der Waals surface area (Å²) in [7, 11) is 1.51. The fraction of sp³-hybridized carbons (Fsp3) is 0.292. The molecular weight excluding hydrogens is 424 g/mol. The van der Waals surface area contributed by atoms with Crippen LogP contribution in [0.15, 0.2) is 44.3 Å². The Labute approximate surface area is 189 Å². The summed E-state index contributed by atoms with van der Waals surface area (Å²) in [5.41, 5.74) is 1.79. The van der Waals surface area contributed by atoms with Gasteiger partial charge in [0.1, 0.15) is 17.1 Å². The Balaban J connectivity index is 1.88. The maximum atomic E-state index is 13.4. The highest BCUT2D eigenvalue weighted by atomic mass is 16.5. The van der Waals surface area contributed by atoms with Gasteiger partial charge in [0.2, 0.25) is 5.89 Å². The number of ether oxygens (including phenoxy) is 1. The van der Waals surface area contributed by atoms with Gasteiger partial charge in [0, 0.05) is 18.3 Å². The summed E-state index contributed by atoms with van der Waals surface area (Å²) in [5.74, 6) is 0.254. The quantitative estimate of drug-likeness (QED) is 0.432. The third-order valence-electron chi connectivity index (χ3n) is 5.38. The molecule has 4 rings (SSSR count). The molecule has 4 aromatic rings. The lowest BCUT2D eigenvalue weighted by molar-refractivity contribution is 0.0528. The second kappa shape index (κ2) is 8.50. The van der Waals surface area contributed by atoms with Crippen LogP contribution in [0.2, 0.25) is 0 Å². The van der Waals surface area contributed by atoms with Crippen molar-refractivity contribution in [3.05, 3.63) is 79.4 Å². The van der Waals surface area contributed by atoms with Crippen LogP contribution in [-0.4, -0.2) is 31.7 Å². The molecule has 0 N–H and O–H groups in total. The molecule has 0 atom stereocenters. The van der Waals surface area contributed by atoms with E-state index in [0.717, 1.165) is 15.7 Å². The van der Waals surface area contributed by atoms with Crippen molar-refractivity contribution in [2.75, 3.05) is 6.61 Å². The molecule has 9 heteroatoms. The lowest BCUT2D eigenvalue weighted by Gasteiger charge is -2.12. The van der Waals surface area contributed by atoms with E-state index in [-0.39, 0.29) is 29.7 Å². The monoisotopic (exact) mass is 448 g/mol. The number of aromatic nitrogens is 4. The zero-order chi connectivity index (χ0) is 23.9. The third kappa shape index (κ3) is 3.97. The zero-order valence-electron chi connectivity index (χ0n) is 19.1. The zero-order valence-corrected chi connectivity index (χ0v) is 19.1. The lowest BCUT2D eigenvalue weighted by atomic mass is 10.1. The van der Waals surface area contributed by atoms with Crippen molar-refractivity contribution in [2.24, 2.45) is 7.05 Å². The van der Waals surface area contributed by atoms with Crippen molar-refractivity contribution in [1.82, 2.24) is 19.1 Å². The first-order chi connectivity index (χ1) is 15.7. The molecule has 0 spiro atoms. The minimum atomic E-state index is -0.644. The highest BCUT2D eigenvalue weighted by molar-refractivity contribution is 6.02. The summed E-state index contributed by atoms with van der Waals surface area (Å²) < 4.78 is 13.2. The number of hydrogen-bond acceptors (Lipinski definition) is 7. The Kier molecular flexibility index (Phi) is 5.71. The molecule has 0 aliphatic heterocycles. The van der Waals surface area contributed by atoms with Crippen molar-refractivity contribution in [3.63, 3.8) is 0 Å². The fourth-order valence-corrected chi connectivity index (χ4v) is 3.74. The highest BCUT2D eigenvalue weighted by Gasteiger charge is 2.22. The van der Waals surface area contributed by atoms with E-state index >= 15 is 0 Å². The molecule has 0 bridgehead atoms. The van der Waals surface area contributed by atoms with Crippen LogP contribution in [0.4, 0.5) is 0 Å². The van der Waals surface area contributed by atoms with E-state index in [4.69, 9.17) is 9.15 Å². The number of carbonyl (C=O) groups is 1. The van der Waals surface area contributed by atoms with Gasteiger partial charge in [0.15, 0.2) is 0 Å². The number of hydrogen-bond donors (Lipinski definition) is 0. The smallest absolute Gasteiger partial charge is 0.339 e. The Hall–Kier alpha value is -4.01. The van der Waals surface area contributed by atoms with Gasteiger partial charge >= 0.3 is 11.7 Å². The second-order valence-electron chi connectivity index (χ2n) is 7.85. The molecule has 1 aromatic carbocycles. The average molecular weight is 448 g/mol. The van der Waals surface area contributed by atoms with Gasteiger partial charge in [-0.25, -0.2) is 19.6 Å². The molecule has 170 valence electrons. The number of aryl methyl sites for hydroxylation is 4. The molecule has 0 radical (unpaired) electrons. The molecule has 0 unspecified atom stereocenters. The predicted octanol–water partition coefficient (Wildman–Crippen LogP) is 2.90. The van der Waals surface area contributed by atoms with E-state index in [1.165, 1.54) is 17.7 Å². The van der Waals surface area contributed by atoms with Crippen LogP contribution in [-0.2, 0) is 18.3 Å². The van der Waals surface area contributed by atoms with Crippen LogP contribution in [0.25, 0.3) is 22.5 Å². The van der Waals surface area contributed by atoms with Crippen molar-refractivity contribution in [1.29, 1.82) is 0 Å². The molecular formula is C24H24N4O5. The summed E-state index contributed by atoms with van der Waals surface area (Å²) in [4.78, 5) is 47.9. The van der Waals surface area contributed by atoms with Crippen LogP contribution in [0.3, 0.4) is 0 Å². The minimum Gasteiger partial charge on any atom is -0.462 e. The van der Waals surface area contributed by atoms with Gasteiger partial charge in [-0.2, -0.15) is 0 Å². The van der Waals surface area contributed by atoms with Crippen molar-refractivity contribution >= 4 is 17.0 Å². The first kappa shape index (κ1) is 22.2. The molecule has 3 aromatic heterocycles. The minimum absolute atomic E-state index is 0.0289. The summed E-state index contributed by atoms with van der Waals surface area (Å²) in [6.45, 7) is 7.11. The van der Waals surface area contributed by atoms with E-state index in [1.807, 2.05) is 31.2 Å². The van der Waals surface area contributed by atoms with Gasteiger partial charge in [0.25, 0.3) is 5.56 Å². The van der Waals surface area contributed by atoms with Gasteiger partial charge in [-0.1, -0.05) is 17.7 Å². The number of nitrogens with zero attached hydrogens (tertiary/aromatic N) is 4. The molecule has 0 aliphatic rings. The standard InChI is InChI=1S/C24H24N4O5/c1-6-32-23(30)17-11-14(3)25-20-19(17)22(29)28(24(31)27(20)5)12-18-15(4)33-21(26-18)16-9-7-8-13(2)10-16/h7-11H,6,12H2,1-5H3. The van der Waals surface area contributed by atoms with Crippen LogP contribution >= 0.6 is 0 Å². The van der Waals surface area contributed by atoms with Crippen molar-refractivity contribution in [3.8, 4) is 11.5 Å². The SMILES string of the molecule is CCOC(=O)c1cc(C)nc2c1c(=O)n(Cc1nc(-c3cccc(C)c3)oc1C)c(=O)n2C. The van der Waals surface area contributed by atoms with E-state index in [0.29, 0.717) is 23.0 Å². The molecule has 0 aliphatic carbocycles. The fourth-order valence-electron chi connectivity index (χ4n) is 3.74. The van der Waals surface area contributed by atoms with Crippen LogP contribution in [0.5, 0.6) is 0 Å². The second-order valence-corrected chi connectivity index (χ2v) is 7.85. The van der Waals surface area contributed by atoms with E-state index in [1.54, 1.807) is 20.8 Å². The number of fused-ring (bicyclic) bond motifs is 1. The van der Waals surface area contributed by atoms with Crippen molar-refractivity contribution in [2.45, 2.75) is 34.2 Å². The van der Waals surface area contributed by atoms with E-state index < -0.39 is 17.2 Å². The summed E-state index contributed by atoms with van der Waals surface area (Å²) in [6.07, 6.45) is 0. The molecule has 0 saturated carbocycles. The topological polar surface area (TPSA) is 109 Å². The number of rotatable bonds is 5. The number of esters is 1. The number of carbonyl (C=O) groups excluding carboxylic acids is 1. The Morgan fingerprint density at radius 1 is 1.12 bits per heavy atom. The van der Waals surface area contributed by atoms with Crippen LogP contribution in [0.1, 0.15) is 40.0 Å². The van der Waals surface area contributed by atoms with Crippen LogP contribution < -0.4 is 11.2 Å². The molecule has 3 heterocycles. The van der Waals surface area contributed by atoms with Gasteiger partial charge in [-0.15, -0.1) is 0 Å². The summed E-state index contributed by atoms with van der Waals surface area (Å²) >= 11 is 0. The molecule has 0 amide bonds. The summed E-state index contributed by atoms with van der Waals surface area (Å²) in [6, 6.07) is 9.18. The maximum Gasteiger partial charge on any atom is 0.339 e. The van der Waals surface area contributed by atoms with Gasteiger partial charge in [-0.05, 0) is 45.9 Å². The molecule has 33 heavy (non-hydrogen) atoms. The lowest BCUT2D eigenvalue weighted by Crippen LogP contribution is -2.40. The molecule has 0 fully saturated rings. The first-order valence-electron chi connectivity index (χ1n) is 10.5. The summed E-state index contributed by atoms with van der Waals surface area (Å²) in [5, 5.41) is 0.0289. The average Bonchev–Trinajstić information content (AvgIpc) is 3.15. The van der Waals surface area contributed by atoms with Gasteiger partial charge in [0.05, 0.1) is 24.1 Å². The normalized spacial score (nSPS) is 11.2. The van der Waals surface area contributed by atoms with E-state index in [2.05, 4.69) is 9.97 Å². The predicted molar refractivity (Wildman–Crippen MR) is 122 cm³/mol. The molecule has 0 saturated heterocycles.